The zero-order chi connectivity index (χ0) is 11.2. The number of hydrogen-bond donors (Lipinski definition) is 0. The van der Waals surface area contributed by atoms with E-state index in [0.29, 0.717) is 11.8 Å². The molecule has 0 radical (unpaired) electrons. The van der Waals surface area contributed by atoms with Crippen LogP contribution in [0.4, 0.5) is 0 Å². The van der Waals surface area contributed by atoms with Crippen LogP contribution in [0.15, 0.2) is 0 Å². The van der Waals surface area contributed by atoms with Gasteiger partial charge in [0.15, 0.2) is 5.79 Å². The summed E-state index contributed by atoms with van der Waals surface area (Å²) in [5.74, 6) is 0.786. The molecule has 0 bridgehead atoms. The Morgan fingerprint density at radius 3 is 2.25 bits per heavy atom. The van der Waals surface area contributed by atoms with Crippen molar-refractivity contribution in [2.75, 3.05) is 13.2 Å². The molecule has 1 spiro atoms. The summed E-state index contributed by atoms with van der Waals surface area (Å²) in [6.07, 6.45) is 4.06. The lowest BCUT2D eigenvalue weighted by atomic mass is 10.0. The lowest BCUT2D eigenvalue weighted by molar-refractivity contribution is -0.158. The van der Waals surface area contributed by atoms with Gasteiger partial charge in [0.1, 0.15) is 6.10 Å². The van der Waals surface area contributed by atoms with Crippen molar-refractivity contribution in [3.8, 4) is 0 Å². The summed E-state index contributed by atoms with van der Waals surface area (Å²) in [7, 11) is 0. The van der Waals surface area contributed by atoms with E-state index in [-0.39, 0.29) is 17.9 Å². The first-order valence-electron chi connectivity index (χ1n) is 6.12. The largest absolute Gasteiger partial charge is 0.463 e. The highest BCUT2D eigenvalue weighted by molar-refractivity contribution is 5.66. The second kappa shape index (κ2) is 3.70. The molecule has 0 aromatic heterocycles. The van der Waals surface area contributed by atoms with Gasteiger partial charge in [-0.15, -0.1) is 0 Å². The third-order valence-corrected chi connectivity index (χ3v) is 4.09. The summed E-state index contributed by atoms with van der Waals surface area (Å²) < 4.78 is 16.7. The highest BCUT2D eigenvalue weighted by Gasteiger charge is 2.53. The van der Waals surface area contributed by atoms with Crippen molar-refractivity contribution in [2.45, 2.75) is 44.5 Å². The normalized spacial score (nSPS) is 40.2. The van der Waals surface area contributed by atoms with Gasteiger partial charge in [0.25, 0.3) is 0 Å². The molecule has 1 aliphatic heterocycles. The summed E-state index contributed by atoms with van der Waals surface area (Å²) in [5.41, 5.74) is 0. The lowest BCUT2D eigenvalue weighted by Crippen LogP contribution is -2.28. The van der Waals surface area contributed by atoms with E-state index in [4.69, 9.17) is 14.2 Å². The quantitative estimate of drug-likeness (QED) is 0.635. The van der Waals surface area contributed by atoms with Gasteiger partial charge in [-0.05, 0) is 24.7 Å². The number of esters is 1. The maximum absolute atomic E-state index is 10.9. The lowest BCUT2D eigenvalue weighted by Gasteiger charge is -2.23. The van der Waals surface area contributed by atoms with Crippen LogP contribution in [0.5, 0.6) is 0 Å². The predicted molar refractivity (Wildman–Crippen MR) is 55.6 cm³/mol. The number of ether oxygens (including phenoxy) is 3. The second-order valence-corrected chi connectivity index (χ2v) is 5.24. The average Bonchev–Trinajstić information content (AvgIpc) is 2.81. The second-order valence-electron chi connectivity index (χ2n) is 5.24. The minimum Gasteiger partial charge on any atom is -0.463 e. The van der Waals surface area contributed by atoms with Gasteiger partial charge in [0.2, 0.25) is 0 Å². The molecule has 0 aromatic rings. The Morgan fingerprint density at radius 1 is 1.19 bits per heavy atom. The first kappa shape index (κ1) is 10.5. The number of rotatable bonds is 1. The Labute approximate surface area is 95.2 Å². The minimum absolute atomic E-state index is 0.131. The van der Waals surface area contributed by atoms with Crippen LogP contribution in [-0.4, -0.2) is 31.1 Å². The number of carbonyl (C=O) groups excluding carboxylic acids is 1. The molecular formula is C12H18O4. The van der Waals surface area contributed by atoms with Crippen molar-refractivity contribution in [3.63, 3.8) is 0 Å². The molecular weight excluding hydrogens is 208 g/mol. The van der Waals surface area contributed by atoms with Gasteiger partial charge >= 0.3 is 5.97 Å². The monoisotopic (exact) mass is 226 g/mol. The minimum atomic E-state index is -0.281. The molecule has 1 unspecified atom stereocenters. The number of carbonyl (C=O) groups is 1. The third kappa shape index (κ3) is 1.74. The van der Waals surface area contributed by atoms with Gasteiger partial charge in [-0.1, -0.05) is 0 Å². The van der Waals surface area contributed by atoms with Crippen molar-refractivity contribution in [1.82, 2.24) is 0 Å². The fourth-order valence-corrected chi connectivity index (χ4v) is 3.60. The number of fused-ring (bicyclic) bond motifs is 1. The maximum Gasteiger partial charge on any atom is 0.302 e. The molecule has 1 saturated heterocycles. The van der Waals surface area contributed by atoms with Crippen LogP contribution in [0.1, 0.15) is 32.6 Å². The summed E-state index contributed by atoms with van der Waals surface area (Å²) in [5, 5.41) is 0. The van der Waals surface area contributed by atoms with Crippen LogP contribution in [0.25, 0.3) is 0 Å². The Hall–Kier alpha value is -0.610. The Bertz CT molecular complexity index is 279. The van der Waals surface area contributed by atoms with Crippen LogP contribution in [0, 0.1) is 11.8 Å². The molecule has 0 N–H and O–H groups in total. The van der Waals surface area contributed by atoms with E-state index in [1.807, 2.05) is 0 Å². The van der Waals surface area contributed by atoms with Gasteiger partial charge in [0, 0.05) is 19.8 Å². The molecule has 1 heterocycles. The molecule has 3 rings (SSSR count). The molecule has 90 valence electrons. The van der Waals surface area contributed by atoms with Crippen molar-refractivity contribution >= 4 is 5.97 Å². The SMILES string of the molecule is CC(=O)OC1C[C@@H]2CC3(C[C@@H]2C1)OCCO3. The molecule has 0 amide bonds. The summed E-state index contributed by atoms with van der Waals surface area (Å²) >= 11 is 0. The molecule has 3 atom stereocenters. The average molecular weight is 226 g/mol. The summed E-state index contributed by atoms with van der Waals surface area (Å²) in [6, 6.07) is 0. The van der Waals surface area contributed by atoms with E-state index in [0.717, 1.165) is 38.9 Å². The van der Waals surface area contributed by atoms with E-state index in [2.05, 4.69) is 0 Å². The van der Waals surface area contributed by atoms with Crippen molar-refractivity contribution in [3.05, 3.63) is 0 Å². The van der Waals surface area contributed by atoms with Gasteiger partial charge in [-0.3, -0.25) is 4.79 Å². The van der Waals surface area contributed by atoms with Gasteiger partial charge < -0.3 is 14.2 Å². The molecule has 16 heavy (non-hydrogen) atoms. The highest BCUT2D eigenvalue weighted by atomic mass is 16.7. The zero-order valence-electron chi connectivity index (χ0n) is 9.61. The van der Waals surface area contributed by atoms with Crippen LogP contribution in [0.2, 0.25) is 0 Å². The van der Waals surface area contributed by atoms with Gasteiger partial charge in [0.05, 0.1) is 13.2 Å². The van der Waals surface area contributed by atoms with E-state index in [9.17, 15) is 4.79 Å². The molecule has 3 aliphatic rings. The van der Waals surface area contributed by atoms with E-state index < -0.39 is 0 Å². The van der Waals surface area contributed by atoms with Gasteiger partial charge in [-0.2, -0.15) is 0 Å². The smallest absolute Gasteiger partial charge is 0.302 e. The third-order valence-electron chi connectivity index (χ3n) is 4.09. The van der Waals surface area contributed by atoms with E-state index in [1.165, 1.54) is 6.92 Å². The van der Waals surface area contributed by atoms with Gasteiger partial charge in [-0.25, -0.2) is 0 Å². The fourth-order valence-electron chi connectivity index (χ4n) is 3.60. The van der Waals surface area contributed by atoms with Crippen molar-refractivity contribution in [1.29, 1.82) is 0 Å². The van der Waals surface area contributed by atoms with E-state index in [1.54, 1.807) is 0 Å². The Balaban J connectivity index is 1.60. The first-order chi connectivity index (χ1) is 7.67. The molecule has 3 fully saturated rings. The van der Waals surface area contributed by atoms with Crippen LogP contribution < -0.4 is 0 Å². The Kier molecular flexibility index (Phi) is 2.44. The van der Waals surface area contributed by atoms with Crippen LogP contribution in [-0.2, 0) is 19.0 Å². The zero-order valence-corrected chi connectivity index (χ0v) is 9.61. The molecule has 2 aliphatic carbocycles. The fraction of sp³-hybridized carbons (Fsp3) is 0.917. The first-order valence-corrected chi connectivity index (χ1v) is 6.12. The Morgan fingerprint density at radius 2 is 1.75 bits per heavy atom. The van der Waals surface area contributed by atoms with Crippen LogP contribution in [0.3, 0.4) is 0 Å². The summed E-state index contributed by atoms with van der Waals surface area (Å²) in [6.45, 7) is 2.94. The molecule has 0 aromatic carbocycles. The molecule has 2 saturated carbocycles. The topological polar surface area (TPSA) is 44.8 Å². The number of hydrogen-bond acceptors (Lipinski definition) is 4. The van der Waals surface area contributed by atoms with Crippen molar-refractivity contribution in [2.24, 2.45) is 11.8 Å². The molecule has 4 nitrogen and oxygen atoms in total. The predicted octanol–water partition coefficient (Wildman–Crippen LogP) is 1.48. The van der Waals surface area contributed by atoms with Crippen molar-refractivity contribution < 1.29 is 19.0 Å². The van der Waals surface area contributed by atoms with Crippen LogP contribution >= 0.6 is 0 Å². The highest BCUT2D eigenvalue weighted by Crippen LogP contribution is 2.52. The summed E-state index contributed by atoms with van der Waals surface area (Å²) in [4.78, 5) is 10.9. The maximum atomic E-state index is 10.9. The van der Waals surface area contributed by atoms with E-state index >= 15 is 0 Å². The standard InChI is InChI=1S/C12H18O4/c1-8(13)16-11-4-9-6-12(7-10(9)5-11)14-2-3-15-12/h9-11H,2-7H2,1H3/t9-,10+,11?. The molecule has 4 heteroatoms.